The molecule has 0 saturated carbocycles. The van der Waals surface area contributed by atoms with Gasteiger partial charge in [0.15, 0.2) is 11.5 Å². The van der Waals surface area contributed by atoms with Crippen molar-refractivity contribution >= 4 is 0 Å². The van der Waals surface area contributed by atoms with Crippen molar-refractivity contribution in [3.8, 4) is 11.5 Å². The lowest BCUT2D eigenvalue weighted by molar-refractivity contribution is 0.273. The summed E-state index contributed by atoms with van der Waals surface area (Å²) in [6.45, 7) is 6.91. The summed E-state index contributed by atoms with van der Waals surface area (Å²) in [5.74, 6) is 1.50. The summed E-state index contributed by atoms with van der Waals surface area (Å²) in [6.07, 6.45) is 1.93. The van der Waals surface area contributed by atoms with Crippen LogP contribution in [0, 0.1) is 6.92 Å². The first kappa shape index (κ1) is 15.3. The van der Waals surface area contributed by atoms with Gasteiger partial charge in [-0.1, -0.05) is 18.2 Å². The van der Waals surface area contributed by atoms with E-state index in [1.54, 1.807) is 11.8 Å². The highest BCUT2D eigenvalue weighted by molar-refractivity contribution is 5.42. The Labute approximate surface area is 125 Å². The molecule has 0 atom stereocenters. The average Bonchev–Trinajstić information content (AvgIpc) is 2.94. The summed E-state index contributed by atoms with van der Waals surface area (Å²) in [7, 11) is 1.64. The second kappa shape index (κ2) is 7.64. The number of methoxy groups -OCH3 is 1. The van der Waals surface area contributed by atoms with E-state index in [0.717, 1.165) is 35.8 Å². The topological polar surface area (TPSA) is 61.2 Å². The second-order valence-electron chi connectivity index (χ2n) is 4.76. The molecule has 114 valence electrons. The van der Waals surface area contributed by atoms with E-state index in [1.165, 1.54) is 0 Å². The van der Waals surface area contributed by atoms with Crippen molar-refractivity contribution in [1.29, 1.82) is 0 Å². The summed E-state index contributed by atoms with van der Waals surface area (Å²) in [4.78, 5) is 0. The fourth-order valence-corrected chi connectivity index (χ4v) is 1.93. The summed E-state index contributed by atoms with van der Waals surface area (Å²) in [5, 5.41) is 11.4. The van der Waals surface area contributed by atoms with Crippen LogP contribution in [0.25, 0.3) is 0 Å². The molecule has 0 amide bonds. The number of aromatic nitrogens is 3. The van der Waals surface area contributed by atoms with Crippen LogP contribution in [-0.4, -0.2) is 35.3 Å². The van der Waals surface area contributed by atoms with E-state index in [-0.39, 0.29) is 0 Å². The molecule has 2 aromatic rings. The number of hydrogen-bond donors (Lipinski definition) is 1. The van der Waals surface area contributed by atoms with Crippen LogP contribution in [-0.2, 0) is 13.1 Å². The third-order valence-corrected chi connectivity index (χ3v) is 3.04. The van der Waals surface area contributed by atoms with Crippen LogP contribution in [0.2, 0.25) is 0 Å². The molecule has 0 bridgehead atoms. The van der Waals surface area contributed by atoms with Crippen LogP contribution >= 0.6 is 0 Å². The molecule has 0 fully saturated rings. The maximum atomic E-state index is 5.75. The van der Waals surface area contributed by atoms with Gasteiger partial charge < -0.3 is 14.8 Å². The molecule has 0 aliphatic carbocycles. The van der Waals surface area contributed by atoms with E-state index in [1.807, 2.05) is 31.3 Å². The minimum Gasteiger partial charge on any atom is -0.493 e. The highest BCUT2D eigenvalue weighted by Gasteiger charge is 2.05. The Morgan fingerprint density at radius 1 is 1.29 bits per heavy atom. The Morgan fingerprint density at radius 3 is 2.90 bits per heavy atom. The van der Waals surface area contributed by atoms with Crippen LogP contribution in [0.4, 0.5) is 0 Å². The lowest BCUT2D eigenvalue weighted by atomic mass is 10.2. The summed E-state index contributed by atoms with van der Waals surface area (Å²) >= 11 is 0. The van der Waals surface area contributed by atoms with Crippen molar-refractivity contribution in [2.24, 2.45) is 0 Å². The molecule has 21 heavy (non-hydrogen) atoms. The first-order valence-corrected chi connectivity index (χ1v) is 7.10. The zero-order chi connectivity index (χ0) is 15.1. The number of ether oxygens (including phenoxy) is 2. The lowest BCUT2D eigenvalue weighted by Crippen LogP contribution is -2.12. The Balaban J connectivity index is 1.85. The second-order valence-corrected chi connectivity index (χ2v) is 4.76. The molecule has 0 aliphatic rings. The third-order valence-electron chi connectivity index (χ3n) is 3.04. The van der Waals surface area contributed by atoms with Crippen LogP contribution in [0.5, 0.6) is 11.5 Å². The molecule has 1 N–H and O–H groups in total. The highest BCUT2D eigenvalue weighted by atomic mass is 16.5. The van der Waals surface area contributed by atoms with Crippen molar-refractivity contribution in [2.75, 3.05) is 20.3 Å². The van der Waals surface area contributed by atoms with Crippen LogP contribution in [0.1, 0.15) is 18.2 Å². The van der Waals surface area contributed by atoms with Gasteiger partial charge in [-0.15, -0.1) is 5.10 Å². The Morgan fingerprint density at radius 2 is 2.14 bits per heavy atom. The van der Waals surface area contributed by atoms with Crippen LogP contribution in [0.3, 0.4) is 0 Å². The molecular formula is C15H22N4O2. The van der Waals surface area contributed by atoms with Gasteiger partial charge in [0.1, 0.15) is 6.61 Å². The molecule has 1 heterocycles. The SMILES string of the molecule is CCNCc1cn(CCOc2ccc(C)cc2OC)nn1. The number of rotatable bonds is 8. The number of nitrogens with zero attached hydrogens (tertiary/aromatic N) is 3. The van der Waals surface area contributed by atoms with Crippen molar-refractivity contribution < 1.29 is 9.47 Å². The van der Waals surface area contributed by atoms with Gasteiger partial charge in [-0.25, -0.2) is 4.68 Å². The fraction of sp³-hybridized carbons (Fsp3) is 0.467. The van der Waals surface area contributed by atoms with Gasteiger partial charge in [0.2, 0.25) is 0 Å². The predicted octanol–water partition coefficient (Wildman–Crippen LogP) is 1.78. The summed E-state index contributed by atoms with van der Waals surface area (Å²) in [6, 6.07) is 5.88. The first-order chi connectivity index (χ1) is 10.2. The van der Waals surface area contributed by atoms with Crippen molar-refractivity contribution in [3.05, 3.63) is 35.7 Å². The monoisotopic (exact) mass is 290 g/mol. The highest BCUT2D eigenvalue weighted by Crippen LogP contribution is 2.27. The Kier molecular flexibility index (Phi) is 5.57. The molecule has 6 nitrogen and oxygen atoms in total. The molecule has 1 aromatic carbocycles. The van der Waals surface area contributed by atoms with E-state index < -0.39 is 0 Å². The van der Waals surface area contributed by atoms with Gasteiger partial charge in [-0.2, -0.15) is 0 Å². The minimum absolute atomic E-state index is 0.517. The molecule has 0 aliphatic heterocycles. The van der Waals surface area contributed by atoms with Crippen molar-refractivity contribution in [2.45, 2.75) is 26.9 Å². The molecule has 1 aromatic heterocycles. The largest absolute Gasteiger partial charge is 0.493 e. The van der Waals surface area contributed by atoms with Gasteiger partial charge in [-0.3, -0.25) is 0 Å². The molecule has 0 spiro atoms. The van der Waals surface area contributed by atoms with Crippen molar-refractivity contribution in [3.63, 3.8) is 0 Å². The predicted molar refractivity (Wildman–Crippen MR) is 80.6 cm³/mol. The summed E-state index contributed by atoms with van der Waals surface area (Å²) in [5.41, 5.74) is 2.08. The van der Waals surface area contributed by atoms with E-state index in [0.29, 0.717) is 13.2 Å². The van der Waals surface area contributed by atoms with E-state index >= 15 is 0 Å². The molecular weight excluding hydrogens is 268 g/mol. The number of nitrogens with one attached hydrogen (secondary N) is 1. The molecule has 2 rings (SSSR count). The number of aryl methyl sites for hydroxylation is 1. The zero-order valence-electron chi connectivity index (χ0n) is 12.8. The van der Waals surface area contributed by atoms with Gasteiger partial charge in [0.25, 0.3) is 0 Å². The maximum absolute atomic E-state index is 5.75. The van der Waals surface area contributed by atoms with E-state index in [9.17, 15) is 0 Å². The number of hydrogen-bond acceptors (Lipinski definition) is 5. The zero-order valence-corrected chi connectivity index (χ0v) is 12.8. The van der Waals surface area contributed by atoms with Crippen LogP contribution < -0.4 is 14.8 Å². The molecule has 0 saturated heterocycles. The number of benzene rings is 1. The third kappa shape index (κ3) is 4.46. The van der Waals surface area contributed by atoms with E-state index in [2.05, 4.69) is 22.6 Å². The average molecular weight is 290 g/mol. The molecule has 6 heteroatoms. The van der Waals surface area contributed by atoms with E-state index in [4.69, 9.17) is 9.47 Å². The van der Waals surface area contributed by atoms with Gasteiger partial charge in [-0.05, 0) is 31.2 Å². The lowest BCUT2D eigenvalue weighted by Gasteiger charge is -2.11. The fourth-order valence-electron chi connectivity index (χ4n) is 1.93. The van der Waals surface area contributed by atoms with Crippen LogP contribution in [0.15, 0.2) is 24.4 Å². The normalized spacial score (nSPS) is 10.6. The standard InChI is InChI=1S/C15H22N4O2/c1-4-16-10-13-11-19(18-17-13)7-8-21-14-6-5-12(2)9-15(14)20-3/h5-6,9,11,16H,4,7-8,10H2,1-3H3. The van der Waals surface area contributed by atoms with Crippen molar-refractivity contribution in [1.82, 2.24) is 20.3 Å². The maximum Gasteiger partial charge on any atom is 0.161 e. The van der Waals surface area contributed by atoms with Gasteiger partial charge in [0.05, 0.1) is 19.3 Å². The quantitative estimate of drug-likeness (QED) is 0.803. The molecule has 0 unspecified atom stereocenters. The minimum atomic E-state index is 0.517. The molecule has 0 radical (unpaired) electrons. The Bertz CT molecular complexity index is 569. The Hall–Kier alpha value is -2.08. The smallest absolute Gasteiger partial charge is 0.161 e. The first-order valence-electron chi connectivity index (χ1n) is 7.10. The summed E-state index contributed by atoms with van der Waals surface area (Å²) < 4.78 is 12.8. The van der Waals surface area contributed by atoms with Gasteiger partial charge >= 0.3 is 0 Å². The van der Waals surface area contributed by atoms with Gasteiger partial charge in [0, 0.05) is 12.7 Å².